The largest absolute Gasteiger partial charge is 0.354 e. The predicted octanol–water partition coefficient (Wildman–Crippen LogP) is 2.21. The van der Waals surface area contributed by atoms with Gasteiger partial charge >= 0.3 is 0 Å². The second kappa shape index (κ2) is 7.17. The number of carbonyl (C=O) groups excluding carboxylic acids is 1. The number of benzene rings is 1. The van der Waals surface area contributed by atoms with Gasteiger partial charge in [-0.2, -0.15) is 0 Å². The van der Waals surface area contributed by atoms with Crippen molar-refractivity contribution in [1.29, 1.82) is 0 Å². The number of amides is 1. The minimum Gasteiger partial charge on any atom is -0.354 e. The van der Waals surface area contributed by atoms with E-state index in [0.29, 0.717) is 23.7 Å². The van der Waals surface area contributed by atoms with Crippen LogP contribution in [0.3, 0.4) is 0 Å². The number of hydrogen-bond acceptors (Lipinski definition) is 5. The molecule has 1 aromatic carbocycles. The van der Waals surface area contributed by atoms with E-state index in [9.17, 15) is 4.79 Å². The number of nitrogens with zero attached hydrogens (tertiary/aromatic N) is 3. The number of likely N-dealkylation sites (N-methyl/N-ethyl adjacent to an activating group) is 1. The van der Waals surface area contributed by atoms with Crippen LogP contribution in [-0.2, 0) is 0 Å². The Morgan fingerprint density at radius 2 is 2.15 bits per heavy atom. The van der Waals surface area contributed by atoms with Gasteiger partial charge in [0.15, 0.2) is 0 Å². The second-order valence-electron chi connectivity index (χ2n) is 6.81. The van der Waals surface area contributed by atoms with Crippen molar-refractivity contribution in [2.75, 3.05) is 31.6 Å². The molecule has 140 valence electrons. The van der Waals surface area contributed by atoms with Crippen molar-refractivity contribution in [3.63, 3.8) is 0 Å². The van der Waals surface area contributed by atoms with E-state index in [-0.39, 0.29) is 11.4 Å². The zero-order valence-corrected chi connectivity index (χ0v) is 15.8. The van der Waals surface area contributed by atoms with Crippen LogP contribution in [0.1, 0.15) is 16.8 Å². The molecule has 0 saturated carbocycles. The van der Waals surface area contributed by atoms with E-state index in [1.54, 1.807) is 12.5 Å². The molecule has 0 radical (unpaired) electrons. The first-order valence-electron chi connectivity index (χ1n) is 8.87. The van der Waals surface area contributed by atoms with Gasteiger partial charge in [-0.25, -0.2) is 9.97 Å². The summed E-state index contributed by atoms with van der Waals surface area (Å²) in [6, 6.07) is 9.25. The van der Waals surface area contributed by atoms with E-state index in [0.717, 1.165) is 29.8 Å². The number of aromatic nitrogens is 3. The van der Waals surface area contributed by atoms with Crippen molar-refractivity contribution < 1.29 is 4.79 Å². The molecule has 1 amide bonds. The summed E-state index contributed by atoms with van der Waals surface area (Å²) in [6.45, 7) is 2.06. The van der Waals surface area contributed by atoms with Gasteiger partial charge in [0.25, 0.3) is 5.91 Å². The molecule has 7 nitrogen and oxygen atoms in total. The molecule has 0 bridgehead atoms. The first-order chi connectivity index (χ1) is 13.1. The highest BCUT2D eigenvalue weighted by Gasteiger charge is 2.38. The van der Waals surface area contributed by atoms with E-state index in [2.05, 4.69) is 30.5 Å². The summed E-state index contributed by atoms with van der Waals surface area (Å²) in [5.74, 6) is 0.750. The van der Waals surface area contributed by atoms with Gasteiger partial charge in [0.2, 0.25) is 0 Å². The van der Waals surface area contributed by atoms with Gasteiger partial charge in [-0.3, -0.25) is 4.79 Å². The number of fused-ring (bicyclic) bond motifs is 1. The highest BCUT2D eigenvalue weighted by Crippen LogP contribution is 2.33. The number of halogens is 1. The number of carbonyl (C=O) groups is 1. The van der Waals surface area contributed by atoms with Gasteiger partial charge < -0.3 is 20.5 Å². The minimum absolute atomic E-state index is 0.0678. The highest BCUT2D eigenvalue weighted by atomic mass is 35.5. The molecular formula is C19H21ClN6O. The average molecular weight is 385 g/mol. The fourth-order valence-corrected chi connectivity index (χ4v) is 3.81. The van der Waals surface area contributed by atoms with Crippen LogP contribution in [0.5, 0.6) is 0 Å². The highest BCUT2D eigenvalue weighted by molar-refractivity contribution is 6.36. The molecule has 3 N–H and O–H groups in total. The van der Waals surface area contributed by atoms with E-state index in [4.69, 9.17) is 11.6 Å². The van der Waals surface area contributed by atoms with Gasteiger partial charge in [-0.05, 0) is 25.6 Å². The van der Waals surface area contributed by atoms with Crippen LogP contribution in [0.15, 0.2) is 42.9 Å². The second-order valence-corrected chi connectivity index (χ2v) is 7.22. The summed E-state index contributed by atoms with van der Waals surface area (Å²) >= 11 is 6.32. The Hall–Kier alpha value is -2.64. The Morgan fingerprint density at radius 1 is 1.33 bits per heavy atom. The number of anilines is 1. The normalized spacial score (nSPS) is 19.6. The fourth-order valence-electron chi connectivity index (χ4n) is 3.58. The Labute approximate surface area is 162 Å². The molecule has 1 atom stereocenters. The monoisotopic (exact) mass is 384 g/mol. The molecule has 2 aromatic heterocycles. The topological polar surface area (TPSA) is 85.9 Å². The number of H-pyrrole nitrogens is 1. The van der Waals surface area contributed by atoms with Crippen LogP contribution in [0.25, 0.3) is 11.0 Å². The molecule has 4 rings (SSSR count). The summed E-state index contributed by atoms with van der Waals surface area (Å²) in [7, 11) is 1.93. The number of rotatable bonds is 5. The van der Waals surface area contributed by atoms with E-state index in [1.807, 2.05) is 37.4 Å². The maximum Gasteiger partial charge on any atom is 0.251 e. The Kier molecular flexibility index (Phi) is 4.72. The SMILES string of the molecule is CNC1(CNC(=O)c2ccccc2)CCN(c2ncnc3[nH]cc(Cl)c23)C1. The van der Waals surface area contributed by atoms with Gasteiger partial charge in [-0.1, -0.05) is 29.8 Å². The van der Waals surface area contributed by atoms with Crippen molar-refractivity contribution in [1.82, 2.24) is 25.6 Å². The number of hydrogen-bond donors (Lipinski definition) is 3. The van der Waals surface area contributed by atoms with Gasteiger partial charge in [0.1, 0.15) is 17.8 Å². The van der Waals surface area contributed by atoms with Crippen LogP contribution in [0, 0.1) is 0 Å². The number of aromatic amines is 1. The Morgan fingerprint density at radius 3 is 2.93 bits per heavy atom. The third-order valence-electron chi connectivity index (χ3n) is 5.21. The molecule has 3 heterocycles. The van der Waals surface area contributed by atoms with Crippen molar-refractivity contribution in [2.24, 2.45) is 0 Å². The zero-order valence-electron chi connectivity index (χ0n) is 15.0. The molecule has 27 heavy (non-hydrogen) atoms. The maximum absolute atomic E-state index is 12.4. The maximum atomic E-state index is 12.4. The van der Waals surface area contributed by atoms with Crippen molar-refractivity contribution >= 4 is 34.4 Å². The quantitative estimate of drug-likeness (QED) is 0.628. The lowest BCUT2D eigenvalue weighted by molar-refractivity contribution is 0.0942. The molecule has 1 saturated heterocycles. The Bertz CT molecular complexity index is 959. The molecule has 1 aliphatic heterocycles. The van der Waals surface area contributed by atoms with E-state index in [1.165, 1.54) is 0 Å². The summed E-state index contributed by atoms with van der Waals surface area (Å²) in [4.78, 5) is 26.3. The lowest BCUT2D eigenvalue weighted by atomic mass is 9.98. The molecule has 1 aliphatic rings. The summed E-state index contributed by atoms with van der Waals surface area (Å²) in [6.07, 6.45) is 4.15. The van der Waals surface area contributed by atoms with Crippen LogP contribution >= 0.6 is 11.6 Å². The smallest absolute Gasteiger partial charge is 0.251 e. The van der Waals surface area contributed by atoms with Crippen LogP contribution in [0.4, 0.5) is 5.82 Å². The summed E-state index contributed by atoms with van der Waals surface area (Å²) in [5.41, 5.74) is 1.16. The first kappa shape index (κ1) is 17.8. The third-order valence-corrected chi connectivity index (χ3v) is 5.51. The molecule has 0 aliphatic carbocycles. The van der Waals surface area contributed by atoms with Gasteiger partial charge in [0.05, 0.1) is 15.9 Å². The molecule has 3 aromatic rings. The lowest BCUT2D eigenvalue weighted by Gasteiger charge is -2.29. The van der Waals surface area contributed by atoms with Crippen LogP contribution < -0.4 is 15.5 Å². The minimum atomic E-state index is -0.232. The average Bonchev–Trinajstić information content (AvgIpc) is 3.32. The summed E-state index contributed by atoms with van der Waals surface area (Å²) in [5, 5.41) is 7.90. The van der Waals surface area contributed by atoms with Crippen molar-refractivity contribution in [3.8, 4) is 0 Å². The van der Waals surface area contributed by atoms with E-state index < -0.39 is 0 Å². The standard InChI is InChI=1S/C19H21ClN6O/c1-21-19(10-23-18(27)13-5-3-2-4-6-13)7-8-26(11-19)17-15-14(20)9-22-16(15)24-12-25-17/h2-6,9,12,21H,7-8,10-11H2,1H3,(H,23,27)(H,22,24,25). The zero-order chi connectivity index (χ0) is 18.9. The first-order valence-corrected chi connectivity index (χ1v) is 9.24. The summed E-state index contributed by atoms with van der Waals surface area (Å²) < 4.78 is 0. The van der Waals surface area contributed by atoms with Crippen LogP contribution in [-0.4, -0.2) is 53.1 Å². The van der Waals surface area contributed by atoms with E-state index >= 15 is 0 Å². The Balaban J connectivity index is 1.50. The molecule has 1 unspecified atom stereocenters. The molecule has 1 fully saturated rings. The van der Waals surface area contributed by atoms with Crippen molar-refractivity contribution in [3.05, 3.63) is 53.4 Å². The lowest BCUT2D eigenvalue weighted by Crippen LogP contribution is -2.54. The fraction of sp³-hybridized carbons (Fsp3) is 0.316. The molecule has 0 spiro atoms. The van der Waals surface area contributed by atoms with Crippen molar-refractivity contribution in [2.45, 2.75) is 12.0 Å². The molecule has 8 heteroatoms. The van der Waals surface area contributed by atoms with Gasteiger partial charge in [0, 0.05) is 31.4 Å². The third kappa shape index (κ3) is 3.36. The molecular weight excluding hydrogens is 364 g/mol. The predicted molar refractivity (Wildman–Crippen MR) is 106 cm³/mol. The van der Waals surface area contributed by atoms with Gasteiger partial charge in [-0.15, -0.1) is 0 Å². The van der Waals surface area contributed by atoms with Crippen LogP contribution in [0.2, 0.25) is 5.02 Å². The number of nitrogens with one attached hydrogen (secondary N) is 3.